The van der Waals surface area contributed by atoms with Crippen LogP contribution in [0.15, 0.2) is 48.5 Å². The highest BCUT2D eigenvalue weighted by atomic mass is 32.2. The van der Waals surface area contributed by atoms with Gasteiger partial charge in [0.25, 0.3) is 5.91 Å². The molecule has 0 saturated carbocycles. The smallest absolute Gasteiger partial charge is 0.251 e. The van der Waals surface area contributed by atoms with E-state index in [4.69, 9.17) is 4.74 Å². The van der Waals surface area contributed by atoms with Crippen molar-refractivity contribution in [1.82, 2.24) is 5.32 Å². The Labute approximate surface area is 186 Å². The molecule has 0 unspecified atom stereocenters. The zero-order valence-electron chi connectivity index (χ0n) is 19.3. The molecule has 0 aliphatic rings. The first-order valence-electron chi connectivity index (χ1n) is 10.6. The van der Waals surface area contributed by atoms with Crippen LogP contribution < -0.4 is 14.4 Å². The number of hydrogen-bond acceptors (Lipinski definition) is 4. The van der Waals surface area contributed by atoms with Crippen molar-refractivity contribution in [2.24, 2.45) is 11.8 Å². The van der Waals surface area contributed by atoms with Crippen LogP contribution in [0.1, 0.15) is 50.5 Å². The maximum atomic E-state index is 12.6. The summed E-state index contributed by atoms with van der Waals surface area (Å²) in [5.41, 5.74) is 1.91. The van der Waals surface area contributed by atoms with Gasteiger partial charge in [-0.05, 0) is 60.7 Å². The second-order valence-electron chi connectivity index (χ2n) is 8.38. The van der Waals surface area contributed by atoms with E-state index in [1.807, 2.05) is 6.92 Å². The SMILES string of the molecule is CCOc1ccc(N(Cc2ccc(C(=O)NC(C(C)C)C(C)C)cc2)S(C)(=O)=O)cc1. The molecule has 170 valence electrons. The normalized spacial score (nSPS) is 11.8. The van der Waals surface area contributed by atoms with Gasteiger partial charge >= 0.3 is 0 Å². The number of ether oxygens (including phenoxy) is 1. The molecular formula is C24H34N2O4S. The van der Waals surface area contributed by atoms with Gasteiger partial charge in [-0.2, -0.15) is 0 Å². The number of nitrogens with zero attached hydrogens (tertiary/aromatic N) is 1. The van der Waals surface area contributed by atoms with E-state index in [9.17, 15) is 13.2 Å². The lowest BCUT2D eigenvalue weighted by atomic mass is 9.93. The van der Waals surface area contributed by atoms with Gasteiger partial charge in [-0.15, -0.1) is 0 Å². The summed E-state index contributed by atoms with van der Waals surface area (Å²) in [6, 6.07) is 14.1. The summed E-state index contributed by atoms with van der Waals surface area (Å²) in [6.45, 7) is 11.0. The molecule has 0 aliphatic carbocycles. The van der Waals surface area contributed by atoms with Gasteiger partial charge in [-0.3, -0.25) is 9.10 Å². The van der Waals surface area contributed by atoms with Gasteiger partial charge in [-0.1, -0.05) is 39.8 Å². The van der Waals surface area contributed by atoms with Gasteiger partial charge in [0.2, 0.25) is 10.0 Å². The van der Waals surface area contributed by atoms with Crippen molar-refractivity contribution in [3.05, 3.63) is 59.7 Å². The van der Waals surface area contributed by atoms with E-state index in [0.29, 0.717) is 35.4 Å². The molecule has 1 amide bonds. The Kier molecular flexibility index (Phi) is 8.51. The fourth-order valence-electron chi connectivity index (χ4n) is 3.54. The third-order valence-corrected chi connectivity index (χ3v) is 6.25. The Morgan fingerprint density at radius 2 is 1.52 bits per heavy atom. The van der Waals surface area contributed by atoms with Crippen LogP contribution in [-0.4, -0.2) is 33.2 Å². The first kappa shape index (κ1) is 24.7. The molecule has 2 rings (SSSR count). The summed E-state index contributed by atoms with van der Waals surface area (Å²) in [7, 11) is -3.49. The molecule has 0 aromatic heterocycles. The Morgan fingerprint density at radius 3 is 1.97 bits per heavy atom. The molecule has 7 heteroatoms. The van der Waals surface area contributed by atoms with Crippen molar-refractivity contribution in [1.29, 1.82) is 0 Å². The lowest BCUT2D eigenvalue weighted by molar-refractivity contribution is 0.0910. The van der Waals surface area contributed by atoms with E-state index in [1.54, 1.807) is 48.5 Å². The van der Waals surface area contributed by atoms with Crippen molar-refractivity contribution in [2.75, 3.05) is 17.2 Å². The third-order valence-electron chi connectivity index (χ3n) is 5.11. The maximum Gasteiger partial charge on any atom is 0.251 e. The van der Waals surface area contributed by atoms with Gasteiger partial charge in [-0.25, -0.2) is 8.42 Å². The van der Waals surface area contributed by atoms with Crippen LogP contribution in [0.3, 0.4) is 0 Å². The van der Waals surface area contributed by atoms with Crippen LogP contribution in [0.25, 0.3) is 0 Å². The number of amides is 1. The van der Waals surface area contributed by atoms with E-state index < -0.39 is 10.0 Å². The average molecular weight is 447 g/mol. The molecule has 0 aliphatic heterocycles. The number of anilines is 1. The van der Waals surface area contributed by atoms with Crippen molar-refractivity contribution in [2.45, 2.75) is 47.2 Å². The summed E-state index contributed by atoms with van der Waals surface area (Å²) in [5.74, 6) is 1.24. The fourth-order valence-corrected chi connectivity index (χ4v) is 4.43. The van der Waals surface area contributed by atoms with Crippen molar-refractivity contribution < 1.29 is 17.9 Å². The predicted octanol–water partition coefficient (Wildman–Crippen LogP) is 4.46. The highest BCUT2D eigenvalue weighted by Gasteiger charge is 2.21. The van der Waals surface area contributed by atoms with Gasteiger partial charge in [0.1, 0.15) is 5.75 Å². The van der Waals surface area contributed by atoms with Gasteiger partial charge in [0, 0.05) is 11.6 Å². The standard InChI is InChI=1S/C24H34N2O4S/c1-7-30-22-14-12-21(13-15-22)26(31(6,28)29)16-19-8-10-20(11-9-19)24(27)25-23(17(2)3)18(4)5/h8-15,17-18,23H,7,16H2,1-6H3,(H,25,27). The first-order chi connectivity index (χ1) is 14.5. The Morgan fingerprint density at radius 1 is 0.968 bits per heavy atom. The number of hydrogen-bond donors (Lipinski definition) is 1. The zero-order chi connectivity index (χ0) is 23.2. The van der Waals surface area contributed by atoms with Crippen LogP contribution in [-0.2, 0) is 16.6 Å². The van der Waals surface area contributed by atoms with Gasteiger partial charge < -0.3 is 10.1 Å². The van der Waals surface area contributed by atoms with Crippen molar-refractivity contribution in [3.8, 4) is 5.75 Å². The highest BCUT2D eigenvalue weighted by molar-refractivity contribution is 7.92. The summed E-state index contributed by atoms with van der Waals surface area (Å²) in [5, 5.41) is 3.10. The zero-order valence-corrected chi connectivity index (χ0v) is 20.1. The maximum absolute atomic E-state index is 12.6. The molecule has 0 bridgehead atoms. The van der Waals surface area contributed by atoms with Crippen LogP contribution >= 0.6 is 0 Å². The molecule has 2 aromatic rings. The molecule has 0 saturated heterocycles. The van der Waals surface area contributed by atoms with Crippen LogP contribution in [0.4, 0.5) is 5.69 Å². The van der Waals surface area contributed by atoms with E-state index in [-0.39, 0.29) is 18.5 Å². The second-order valence-corrected chi connectivity index (χ2v) is 10.3. The molecule has 0 atom stereocenters. The molecule has 1 N–H and O–H groups in total. The molecule has 6 nitrogen and oxygen atoms in total. The molecule has 0 spiro atoms. The molecular weight excluding hydrogens is 412 g/mol. The summed E-state index contributed by atoms with van der Waals surface area (Å²) >= 11 is 0. The number of nitrogens with one attached hydrogen (secondary N) is 1. The number of sulfonamides is 1. The third kappa shape index (κ3) is 6.99. The van der Waals surface area contributed by atoms with Crippen LogP contribution in [0, 0.1) is 11.8 Å². The van der Waals surface area contributed by atoms with Crippen LogP contribution in [0.2, 0.25) is 0 Å². The van der Waals surface area contributed by atoms with Gasteiger partial charge in [0.05, 0.1) is 25.1 Å². The average Bonchev–Trinajstić information content (AvgIpc) is 2.70. The molecule has 0 fully saturated rings. The summed E-state index contributed by atoms with van der Waals surface area (Å²) in [6.07, 6.45) is 1.18. The van der Waals surface area contributed by atoms with Crippen molar-refractivity contribution >= 4 is 21.6 Å². The van der Waals surface area contributed by atoms with Crippen LogP contribution in [0.5, 0.6) is 5.75 Å². The minimum Gasteiger partial charge on any atom is -0.494 e. The Bertz CT molecular complexity index is 944. The summed E-state index contributed by atoms with van der Waals surface area (Å²) in [4.78, 5) is 12.6. The largest absolute Gasteiger partial charge is 0.494 e. The Hall–Kier alpha value is -2.54. The number of benzene rings is 2. The molecule has 2 aromatic carbocycles. The topological polar surface area (TPSA) is 75.7 Å². The van der Waals surface area contributed by atoms with E-state index in [2.05, 4.69) is 33.0 Å². The van der Waals surface area contributed by atoms with E-state index >= 15 is 0 Å². The number of rotatable bonds is 10. The Balaban J connectivity index is 2.17. The summed E-state index contributed by atoms with van der Waals surface area (Å²) < 4.78 is 31.6. The molecule has 0 radical (unpaired) electrons. The van der Waals surface area contributed by atoms with E-state index in [1.165, 1.54) is 10.6 Å². The lowest BCUT2D eigenvalue weighted by Gasteiger charge is -2.26. The quantitative estimate of drug-likeness (QED) is 0.585. The lowest BCUT2D eigenvalue weighted by Crippen LogP contribution is -2.42. The number of carbonyl (C=O) groups excluding carboxylic acids is 1. The van der Waals surface area contributed by atoms with Crippen molar-refractivity contribution in [3.63, 3.8) is 0 Å². The first-order valence-corrected chi connectivity index (χ1v) is 12.5. The minimum atomic E-state index is -3.49. The van der Waals surface area contributed by atoms with E-state index in [0.717, 1.165) is 5.56 Å². The van der Waals surface area contributed by atoms with Gasteiger partial charge in [0.15, 0.2) is 0 Å². The fraction of sp³-hybridized carbons (Fsp3) is 0.458. The number of carbonyl (C=O) groups is 1. The monoisotopic (exact) mass is 446 g/mol. The minimum absolute atomic E-state index is 0.0903. The highest BCUT2D eigenvalue weighted by Crippen LogP contribution is 2.24. The molecule has 0 heterocycles. The molecule has 31 heavy (non-hydrogen) atoms. The predicted molar refractivity (Wildman–Crippen MR) is 126 cm³/mol. The second kappa shape index (κ2) is 10.7.